The van der Waals surface area contributed by atoms with E-state index in [0.717, 1.165) is 12.1 Å². The molecule has 1 heterocycles. The molecule has 7 heteroatoms. The average Bonchev–Trinajstić information content (AvgIpc) is 2.76. The number of aromatic nitrogens is 2. The summed E-state index contributed by atoms with van der Waals surface area (Å²) in [4.78, 5) is 17.9. The molecule has 0 aliphatic heterocycles. The number of carbonyl (C=O) groups is 1. The molecule has 5 nitrogen and oxygen atoms in total. The van der Waals surface area contributed by atoms with Crippen molar-refractivity contribution in [3.8, 4) is 0 Å². The van der Waals surface area contributed by atoms with Crippen LogP contribution in [0.4, 0.5) is 14.7 Å². The summed E-state index contributed by atoms with van der Waals surface area (Å²) < 4.78 is 28.5. The number of anilines is 1. The first kappa shape index (κ1) is 15.2. The fourth-order valence-electron chi connectivity index (χ4n) is 2.46. The van der Waals surface area contributed by atoms with Crippen LogP contribution in [0.15, 0.2) is 12.1 Å². The van der Waals surface area contributed by atoms with E-state index in [4.69, 9.17) is 5.73 Å². The maximum absolute atomic E-state index is 13.7. The molecule has 114 valence electrons. The summed E-state index contributed by atoms with van der Waals surface area (Å²) in [5.74, 6) is -1.71. The van der Waals surface area contributed by atoms with E-state index in [-0.39, 0.29) is 22.9 Å². The molecule has 1 aromatic heterocycles. The topological polar surface area (TPSA) is 64.2 Å². The highest BCUT2D eigenvalue weighted by Gasteiger charge is 2.25. The second-order valence-corrected chi connectivity index (χ2v) is 4.78. The maximum Gasteiger partial charge on any atom is 0.245 e. The Balaban J connectivity index is 2.55. The number of rotatable bonds is 4. The Labute approximate surface area is 121 Å². The number of likely N-dealkylation sites (N-methyl/N-ethyl adjacent to an activating group) is 1. The van der Waals surface area contributed by atoms with Crippen LogP contribution in [-0.2, 0) is 4.79 Å². The van der Waals surface area contributed by atoms with Gasteiger partial charge in [-0.2, -0.15) is 0 Å². The van der Waals surface area contributed by atoms with Crippen molar-refractivity contribution in [2.45, 2.75) is 26.8 Å². The predicted octanol–water partition coefficient (Wildman–Crippen LogP) is 2.33. The van der Waals surface area contributed by atoms with Gasteiger partial charge in [0.15, 0.2) is 5.82 Å². The zero-order chi connectivity index (χ0) is 15.7. The van der Waals surface area contributed by atoms with Crippen LogP contribution in [0.2, 0.25) is 0 Å². The molecule has 1 amide bonds. The molecular formula is C14H18F2N4O. The lowest BCUT2D eigenvalue weighted by Crippen LogP contribution is -2.36. The van der Waals surface area contributed by atoms with Gasteiger partial charge in [0.1, 0.15) is 17.4 Å². The molecule has 0 radical (unpaired) electrons. The van der Waals surface area contributed by atoms with Gasteiger partial charge in [0, 0.05) is 25.2 Å². The van der Waals surface area contributed by atoms with Crippen molar-refractivity contribution in [1.82, 2.24) is 14.5 Å². The maximum atomic E-state index is 13.7. The van der Waals surface area contributed by atoms with Crippen molar-refractivity contribution in [3.63, 3.8) is 0 Å². The molecule has 2 N–H and O–H groups in total. The molecule has 0 fully saturated rings. The van der Waals surface area contributed by atoms with Gasteiger partial charge in [0.05, 0.1) is 5.52 Å². The highest BCUT2D eigenvalue weighted by Crippen LogP contribution is 2.26. The molecule has 1 aromatic carbocycles. The van der Waals surface area contributed by atoms with Crippen LogP contribution in [0, 0.1) is 11.6 Å². The molecular weight excluding hydrogens is 278 g/mol. The number of fused-ring (bicyclic) bond motifs is 1. The summed E-state index contributed by atoms with van der Waals surface area (Å²) >= 11 is 0. The van der Waals surface area contributed by atoms with Crippen LogP contribution in [0.1, 0.15) is 26.8 Å². The Kier molecular flexibility index (Phi) is 4.11. The standard InChI is InChI=1S/C14H18F2N4O/c1-4-19(5-2)13(21)8(3)20-11-7-9(15)6-10(16)12(11)18-14(20)17/h6-8H,4-5H2,1-3H3,(H2,17,18). The minimum Gasteiger partial charge on any atom is -0.369 e. The van der Waals surface area contributed by atoms with Gasteiger partial charge in [0.2, 0.25) is 11.9 Å². The number of halogens is 2. The van der Waals surface area contributed by atoms with Gasteiger partial charge in [-0.3, -0.25) is 9.36 Å². The van der Waals surface area contributed by atoms with E-state index < -0.39 is 17.7 Å². The summed E-state index contributed by atoms with van der Waals surface area (Å²) in [5.41, 5.74) is 5.93. The SMILES string of the molecule is CCN(CC)C(=O)C(C)n1c(N)nc2c(F)cc(F)cc21. The van der Waals surface area contributed by atoms with Crippen LogP contribution >= 0.6 is 0 Å². The third kappa shape index (κ3) is 2.55. The van der Waals surface area contributed by atoms with Gasteiger partial charge in [0.25, 0.3) is 0 Å². The zero-order valence-electron chi connectivity index (χ0n) is 12.2. The van der Waals surface area contributed by atoms with Gasteiger partial charge >= 0.3 is 0 Å². The molecule has 0 saturated heterocycles. The van der Waals surface area contributed by atoms with Crippen molar-refractivity contribution in [2.24, 2.45) is 0 Å². The molecule has 2 rings (SSSR count). The second-order valence-electron chi connectivity index (χ2n) is 4.78. The quantitative estimate of drug-likeness (QED) is 0.941. The van der Waals surface area contributed by atoms with Crippen molar-refractivity contribution >= 4 is 22.9 Å². The first-order valence-corrected chi connectivity index (χ1v) is 6.81. The molecule has 0 saturated carbocycles. The van der Waals surface area contributed by atoms with Crippen LogP contribution in [0.25, 0.3) is 11.0 Å². The van der Waals surface area contributed by atoms with Gasteiger partial charge < -0.3 is 10.6 Å². The third-order valence-corrected chi connectivity index (χ3v) is 3.56. The minimum atomic E-state index is -0.794. The molecule has 0 aliphatic carbocycles. The highest BCUT2D eigenvalue weighted by molar-refractivity contribution is 5.85. The molecule has 0 aliphatic rings. The second kappa shape index (κ2) is 5.67. The van der Waals surface area contributed by atoms with Crippen LogP contribution < -0.4 is 5.73 Å². The van der Waals surface area contributed by atoms with E-state index >= 15 is 0 Å². The Hall–Kier alpha value is -2.18. The molecule has 0 spiro atoms. The fraction of sp³-hybridized carbons (Fsp3) is 0.429. The number of hydrogen-bond acceptors (Lipinski definition) is 3. The number of amides is 1. The molecule has 1 atom stereocenters. The molecule has 2 aromatic rings. The van der Waals surface area contributed by atoms with Crippen molar-refractivity contribution in [1.29, 1.82) is 0 Å². The first-order valence-electron chi connectivity index (χ1n) is 6.81. The Bertz CT molecular complexity index is 679. The number of hydrogen-bond donors (Lipinski definition) is 1. The number of imidazole rings is 1. The van der Waals surface area contributed by atoms with Gasteiger partial charge in [-0.1, -0.05) is 0 Å². The summed E-state index contributed by atoms with van der Waals surface area (Å²) in [6.07, 6.45) is 0. The lowest BCUT2D eigenvalue weighted by Gasteiger charge is -2.24. The van der Waals surface area contributed by atoms with Gasteiger partial charge in [-0.25, -0.2) is 13.8 Å². The summed E-state index contributed by atoms with van der Waals surface area (Å²) in [5, 5.41) is 0. The number of nitrogens with two attached hydrogens (primary N) is 1. The minimum absolute atomic E-state index is 0.0116. The number of nitrogen functional groups attached to an aromatic ring is 1. The average molecular weight is 296 g/mol. The number of nitrogens with zero attached hydrogens (tertiary/aromatic N) is 3. The first-order chi connectivity index (χ1) is 9.90. The van der Waals surface area contributed by atoms with E-state index in [1.807, 2.05) is 13.8 Å². The zero-order valence-corrected chi connectivity index (χ0v) is 12.2. The highest BCUT2D eigenvalue weighted by atomic mass is 19.1. The third-order valence-electron chi connectivity index (χ3n) is 3.56. The van der Waals surface area contributed by atoms with Crippen LogP contribution in [0.3, 0.4) is 0 Å². The molecule has 1 unspecified atom stereocenters. The predicted molar refractivity (Wildman–Crippen MR) is 76.7 cm³/mol. The van der Waals surface area contributed by atoms with Crippen LogP contribution in [-0.4, -0.2) is 33.4 Å². The van der Waals surface area contributed by atoms with Crippen LogP contribution in [0.5, 0.6) is 0 Å². The van der Waals surface area contributed by atoms with Crippen molar-refractivity contribution in [2.75, 3.05) is 18.8 Å². The van der Waals surface area contributed by atoms with E-state index in [1.165, 1.54) is 4.57 Å². The normalized spacial score (nSPS) is 12.6. The number of carbonyl (C=O) groups excluding carboxylic acids is 1. The molecule has 0 bridgehead atoms. The fourth-order valence-corrected chi connectivity index (χ4v) is 2.46. The monoisotopic (exact) mass is 296 g/mol. The smallest absolute Gasteiger partial charge is 0.245 e. The largest absolute Gasteiger partial charge is 0.369 e. The van der Waals surface area contributed by atoms with E-state index in [0.29, 0.717) is 13.1 Å². The van der Waals surface area contributed by atoms with Gasteiger partial charge in [-0.15, -0.1) is 0 Å². The molecule has 21 heavy (non-hydrogen) atoms. The summed E-state index contributed by atoms with van der Waals surface area (Å²) in [7, 11) is 0. The van der Waals surface area contributed by atoms with Crippen molar-refractivity contribution < 1.29 is 13.6 Å². The van der Waals surface area contributed by atoms with E-state index in [1.54, 1.807) is 11.8 Å². The summed E-state index contributed by atoms with van der Waals surface area (Å²) in [6, 6.07) is 1.19. The summed E-state index contributed by atoms with van der Waals surface area (Å²) in [6.45, 7) is 6.47. The van der Waals surface area contributed by atoms with E-state index in [9.17, 15) is 13.6 Å². The number of benzene rings is 1. The van der Waals surface area contributed by atoms with E-state index in [2.05, 4.69) is 4.98 Å². The lowest BCUT2D eigenvalue weighted by atomic mass is 10.2. The lowest BCUT2D eigenvalue weighted by molar-refractivity contribution is -0.133. The van der Waals surface area contributed by atoms with Gasteiger partial charge in [-0.05, 0) is 20.8 Å². The van der Waals surface area contributed by atoms with Crippen molar-refractivity contribution in [3.05, 3.63) is 23.8 Å². The Morgan fingerprint density at radius 1 is 1.38 bits per heavy atom. The Morgan fingerprint density at radius 3 is 2.57 bits per heavy atom. The Morgan fingerprint density at radius 2 is 2.00 bits per heavy atom.